The monoisotopic (exact) mass is 202 g/mol. The predicted octanol–water partition coefficient (Wildman–Crippen LogP) is 1.94. The summed E-state index contributed by atoms with van der Waals surface area (Å²) in [6.07, 6.45) is 2.42. The van der Waals surface area contributed by atoms with Crippen LogP contribution in [0.4, 0.5) is 0 Å². The Balaban J connectivity index is 1.98. The highest BCUT2D eigenvalue weighted by Gasteiger charge is 2.41. The van der Waals surface area contributed by atoms with Crippen LogP contribution in [0.25, 0.3) is 0 Å². The van der Waals surface area contributed by atoms with Gasteiger partial charge < -0.3 is 5.32 Å². The van der Waals surface area contributed by atoms with E-state index >= 15 is 0 Å². The van der Waals surface area contributed by atoms with Crippen LogP contribution in [0.3, 0.4) is 0 Å². The van der Waals surface area contributed by atoms with E-state index in [4.69, 9.17) is 4.99 Å². The molecule has 2 heteroatoms. The first-order chi connectivity index (χ1) is 7.18. The minimum atomic E-state index is 0.592. The standard InChI is InChI=1S/C13H18N2/c1-7-4-10-5-15-13(11-6-14-11)12(10)9(3)8(7)2/h4,10-12,14H,5-6H2,1-3H3. The molecule has 0 spiro atoms. The van der Waals surface area contributed by atoms with Crippen molar-refractivity contribution in [2.24, 2.45) is 16.8 Å². The van der Waals surface area contributed by atoms with Gasteiger partial charge in [0.05, 0.1) is 6.04 Å². The van der Waals surface area contributed by atoms with Gasteiger partial charge in [0, 0.05) is 30.6 Å². The molecule has 1 aliphatic carbocycles. The summed E-state index contributed by atoms with van der Waals surface area (Å²) in [6.45, 7) is 8.89. The number of aliphatic imine (C=N–C) groups is 1. The summed E-state index contributed by atoms with van der Waals surface area (Å²) in [5, 5.41) is 3.38. The van der Waals surface area contributed by atoms with Gasteiger partial charge in [-0.15, -0.1) is 0 Å². The SMILES string of the molecule is CC1=CC2CN=C(C3CN3)C2C(C)=C1C. The molecule has 0 aromatic rings. The van der Waals surface area contributed by atoms with E-state index in [1.165, 1.54) is 16.9 Å². The molecule has 3 unspecified atom stereocenters. The number of nitrogens with one attached hydrogen (secondary N) is 1. The molecule has 0 saturated carbocycles. The molecule has 0 bridgehead atoms. The van der Waals surface area contributed by atoms with E-state index in [0.717, 1.165) is 13.1 Å². The lowest BCUT2D eigenvalue weighted by Crippen LogP contribution is -2.27. The molecular weight excluding hydrogens is 184 g/mol. The third-order valence-electron chi connectivity index (χ3n) is 4.11. The lowest BCUT2D eigenvalue weighted by molar-refractivity contribution is 0.591. The molecular formula is C13H18N2. The second kappa shape index (κ2) is 3.05. The highest BCUT2D eigenvalue weighted by atomic mass is 15.1. The molecule has 3 rings (SSSR count). The topological polar surface area (TPSA) is 34.3 Å². The first-order valence-corrected chi connectivity index (χ1v) is 5.82. The van der Waals surface area contributed by atoms with Gasteiger partial charge in [-0.1, -0.05) is 17.2 Å². The van der Waals surface area contributed by atoms with E-state index in [9.17, 15) is 0 Å². The second-order valence-electron chi connectivity index (χ2n) is 5.03. The van der Waals surface area contributed by atoms with Gasteiger partial charge in [0.2, 0.25) is 0 Å². The number of hydrogen-bond donors (Lipinski definition) is 1. The van der Waals surface area contributed by atoms with Crippen molar-refractivity contribution in [1.29, 1.82) is 0 Å². The molecule has 3 atom stereocenters. The van der Waals surface area contributed by atoms with Gasteiger partial charge in [-0.2, -0.15) is 0 Å². The van der Waals surface area contributed by atoms with E-state index in [-0.39, 0.29) is 0 Å². The van der Waals surface area contributed by atoms with Crippen LogP contribution < -0.4 is 5.32 Å². The van der Waals surface area contributed by atoms with Crippen molar-refractivity contribution in [3.63, 3.8) is 0 Å². The number of fused-ring (bicyclic) bond motifs is 1. The van der Waals surface area contributed by atoms with Crippen molar-refractivity contribution in [3.05, 3.63) is 22.8 Å². The van der Waals surface area contributed by atoms with Crippen LogP contribution in [0.15, 0.2) is 27.8 Å². The molecule has 2 aliphatic heterocycles. The number of hydrogen-bond acceptors (Lipinski definition) is 2. The Bertz CT molecular complexity index is 397. The molecule has 0 radical (unpaired) electrons. The fraction of sp³-hybridized carbons (Fsp3) is 0.615. The van der Waals surface area contributed by atoms with Crippen molar-refractivity contribution >= 4 is 5.71 Å². The first kappa shape index (κ1) is 9.34. The van der Waals surface area contributed by atoms with Crippen LogP contribution in [-0.4, -0.2) is 24.8 Å². The molecule has 80 valence electrons. The zero-order chi connectivity index (χ0) is 10.6. The van der Waals surface area contributed by atoms with E-state index in [1.807, 2.05) is 0 Å². The summed E-state index contributed by atoms with van der Waals surface area (Å²) in [5.74, 6) is 1.25. The van der Waals surface area contributed by atoms with Crippen molar-refractivity contribution in [2.45, 2.75) is 26.8 Å². The summed E-state index contributed by atoms with van der Waals surface area (Å²) in [7, 11) is 0. The normalized spacial score (nSPS) is 38.7. The molecule has 0 aromatic heterocycles. The van der Waals surface area contributed by atoms with Crippen LogP contribution in [0, 0.1) is 11.8 Å². The largest absolute Gasteiger partial charge is 0.306 e. The minimum absolute atomic E-state index is 0.592. The minimum Gasteiger partial charge on any atom is -0.306 e. The molecule has 1 N–H and O–H groups in total. The summed E-state index contributed by atoms with van der Waals surface area (Å²) in [4.78, 5) is 4.74. The highest BCUT2D eigenvalue weighted by Crippen LogP contribution is 2.39. The lowest BCUT2D eigenvalue weighted by Gasteiger charge is -2.27. The second-order valence-corrected chi connectivity index (χ2v) is 5.03. The Morgan fingerprint density at radius 1 is 1.33 bits per heavy atom. The maximum atomic E-state index is 4.74. The van der Waals surface area contributed by atoms with E-state index in [1.54, 1.807) is 5.57 Å². The van der Waals surface area contributed by atoms with Gasteiger partial charge in [-0.3, -0.25) is 4.99 Å². The van der Waals surface area contributed by atoms with Gasteiger partial charge in [0.15, 0.2) is 0 Å². The summed E-state index contributed by atoms with van der Waals surface area (Å²) in [6, 6.07) is 0.592. The van der Waals surface area contributed by atoms with Gasteiger partial charge in [0.1, 0.15) is 0 Å². The number of allylic oxidation sites excluding steroid dienone is 3. The van der Waals surface area contributed by atoms with Gasteiger partial charge >= 0.3 is 0 Å². The quantitative estimate of drug-likeness (QED) is 0.648. The zero-order valence-corrected chi connectivity index (χ0v) is 9.67. The lowest BCUT2D eigenvalue weighted by atomic mass is 9.76. The number of rotatable bonds is 1. The molecule has 2 heterocycles. The maximum absolute atomic E-state index is 4.74. The van der Waals surface area contributed by atoms with Crippen LogP contribution in [0.5, 0.6) is 0 Å². The Labute approximate surface area is 91.2 Å². The van der Waals surface area contributed by atoms with Crippen LogP contribution in [0.1, 0.15) is 20.8 Å². The first-order valence-electron chi connectivity index (χ1n) is 5.82. The Morgan fingerprint density at radius 3 is 2.73 bits per heavy atom. The highest BCUT2D eigenvalue weighted by molar-refractivity contribution is 5.98. The van der Waals surface area contributed by atoms with Crippen molar-refractivity contribution in [3.8, 4) is 0 Å². The predicted molar refractivity (Wildman–Crippen MR) is 63.2 cm³/mol. The Kier molecular flexibility index (Phi) is 1.90. The van der Waals surface area contributed by atoms with Crippen molar-refractivity contribution in [2.75, 3.05) is 13.1 Å². The van der Waals surface area contributed by atoms with E-state index < -0.39 is 0 Å². The summed E-state index contributed by atoms with van der Waals surface area (Å²) in [5.41, 5.74) is 5.89. The Morgan fingerprint density at radius 2 is 2.07 bits per heavy atom. The zero-order valence-electron chi connectivity index (χ0n) is 9.67. The average Bonchev–Trinajstić information content (AvgIpc) is 2.97. The van der Waals surface area contributed by atoms with Crippen molar-refractivity contribution in [1.82, 2.24) is 5.32 Å². The fourth-order valence-corrected chi connectivity index (χ4v) is 2.91. The average molecular weight is 202 g/mol. The molecule has 0 amide bonds. The molecule has 15 heavy (non-hydrogen) atoms. The van der Waals surface area contributed by atoms with E-state index in [2.05, 4.69) is 32.2 Å². The smallest absolute Gasteiger partial charge is 0.0584 e. The third-order valence-corrected chi connectivity index (χ3v) is 4.11. The molecule has 0 aromatic carbocycles. The van der Waals surface area contributed by atoms with Crippen molar-refractivity contribution < 1.29 is 0 Å². The summed E-state index contributed by atoms with van der Waals surface area (Å²) >= 11 is 0. The Hall–Kier alpha value is -0.890. The van der Waals surface area contributed by atoms with E-state index in [0.29, 0.717) is 17.9 Å². The summed E-state index contributed by atoms with van der Waals surface area (Å²) < 4.78 is 0. The molecule has 1 fully saturated rings. The third kappa shape index (κ3) is 1.31. The molecule has 1 saturated heterocycles. The van der Waals surface area contributed by atoms with Gasteiger partial charge in [-0.05, 0) is 26.3 Å². The maximum Gasteiger partial charge on any atom is 0.0584 e. The molecule has 2 nitrogen and oxygen atoms in total. The van der Waals surface area contributed by atoms with Gasteiger partial charge in [-0.25, -0.2) is 0 Å². The number of nitrogens with zero attached hydrogens (tertiary/aromatic N) is 1. The van der Waals surface area contributed by atoms with Crippen LogP contribution >= 0.6 is 0 Å². The van der Waals surface area contributed by atoms with Crippen LogP contribution in [-0.2, 0) is 0 Å². The fourth-order valence-electron chi connectivity index (χ4n) is 2.91. The molecule has 3 aliphatic rings. The van der Waals surface area contributed by atoms with Crippen LogP contribution in [0.2, 0.25) is 0 Å². The van der Waals surface area contributed by atoms with Gasteiger partial charge in [0.25, 0.3) is 0 Å².